The van der Waals surface area contributed by atoms with Gasteiger partial charge in [-0.25, -0.2) is 0 Å². The van der Waals surface area contributed by atoms with Crippen LogP contribution in [-0.4, -0.2) is 12.5 Å². The van der Waals surface area contributed by atoms with Gasteiger partial charge in [0.05, 0.1) is 6.54 Å². The van der Waals surface area contributed by atoms with Crippen molar-refractivity contribution >= 4 is 5.96 Å². The number of nitrogens with one attached hydrogen (secondary N) is 1. The van der Waals surface area contributed by atoms with Gasteiger partial charge in [0.15, 0.2) is 0 Å². The van der Waals surface area contributed by atoms with Crippen molar-refractivity contribution in [3.8, 4) is 0 Å². The van der Waals surface area contributed by atoms with Crippen molar-refractivity contribution in [2.24, 2.45) is 16.0 Å². The van der Waals surface area contributed by atoms with Crippen LogP contribution in [0.2, 0.25) is 0 Å². The lowest BCUT2D eigenvalue weighted by atomic mass is 10.3. The fourth-order valence-electron chi connectivity index (χ4n) is 0.559. The zero-order valence-electron chi connectivity index (χ0n) is 6.30. The predicted molar refractivity (Wildman–Crippen MR) is 41.2 cm³/mol. The molecule has 0 aliphatic heterocycles. The van der Waals surface area contributed by atoms with Gasteiger partial charge >= 0.3 is 0 Å². The number of nitrogens with zero attached hydrogens (tertiary/aromatic N) is 2. The molecule has 0 fully saturated rings. The molecule has 0 atom stereocenters. The Morgan fingerprint density at radius 3 is 2.70 bits per heavy atom. The van der Waals surface area contributed by atoms with E-state index in [0.29, 0.717) is 6.54 Å². The topological polar surface area (TPSA) is 74.6 Å². The molecule has 0 aromatic rings. The standard InChI is InChI=1S/C6H14N4/c1-2-3-4-5-9-10-6(7)8/h2-5H2,1H3,(H3,7,8)/b10-9+. The van der Waals surface area contributed by atoms with E-state index in [9.17, 15) is 0 Å². The third kappa shape index (κ3) is 7.07. The van der Waals surface area contributed by atoms with Crippen LogP contribution in [0.4, 0.5) is 0 Å². The first-order valence-corrected chi connectivity index (χ1v) is 3.49. The fraction of sp³-hybridized carbons (Fsp3) is 0.833. The Morgan fingerprint density at radius 1 is 1.50 bits per heavy atom. The summed E-state index contributed by atoms with van der Waals surface area (Å²) in [4.78, 5) is 0. The second kappa shape index (κ2) is 6.19. The molecular formula is C6H14N4. The Hall–Kier alpha value is -0.930. The quantitative estimate of drug-likeness (QED) is 0.265. The lowest BCUT2D eigenvalue weighted by molar-refractivity contribution is 0.714. The van der Waals surface area contributed by atoms with Crippen molar-refractivity contribution in [2.45, 2.75) is 26.2 Å². The van der Waals surface area contributed by atoms with Crippen molar-refractivity contribution in [3.63, 3.8) is 0 Å². The van der Waals surface area contributed by atoms with E-state index < -0.39 is 0 Å². The number of hydrogen-bond donors (Lipinski definition) is 2. The minimum Gasteiger partial charge on any atom is -0.367 e. The highest BCUT2D eigenvalue weighted by atomic mass is 15.2. The Kier molecular flexibility index (Phi) is 5.62. The molecule has 0 aliphatic carbocycles. The van der Waals surface area contributed by atoms with E-state index >= 15 is 0 Å². The van der Waals surface area contributed by atoms with E-state index in [4.69, 9.17) is 11.1 Å². The monoisotopic (exact) mass is 142 g/mol. The van der Waals surface area contributed by atoms with Gasteiger partial charge in [-0.3, -0.25) is 5.41 Å². The number of guanidine groups is 1. The van der Waals surface area contributed by atoms with Gasteiger partial charge in [0.25, 0.3) is 0 Å². The first kappa shape index (κ1) is 9.07. The molecule has 0 bridgehead atoms. The van der Waals surface area contributed by atoms with E-state index in [0.717, 1.165) is 12.8 Å². The van der Waals surface area contributed by atoms with Crippen LogP contribution in [-0.2, 0) is 0 Å². The van der Waals surface area contributed by atoms with Gasteiger partial charge in [0.2, 0.25) is 5.96 Å². The Bertz CT molecular complexity index is 119. The summed E-state index contributed by atoms with van der Waals surface area (Å²) in [5.74, 6) is -0.212. The van der Waals surface area contributed by atoms with Gasteiger partial charge in [-0.05, 0) is 6.42 Å². The SMILES string of the molecule is CCCCC/N=N/C(=N)N. The molecule has 0 saturated heterocycles. The first-order valence-electron chi connectivity index (χ1n) is 3.49. The number of azo groups is 1. The van der Waals surface area contributed by atoms with Crippen LogP contribution in [0.3, 0.4) is 0 Å². The van der Waals surface area contributed by atoms with Crippen LogP contribution in [0.15, 0.2) is 10.2 Å². The summed E-state index contributed by atoms with van der Waals surface area (Å²) in [5, 5.41) is 13.8. The van der Waals surface area contributed by atoms with Crippen LogP contribution < -0.4 is 5.73 Å². The average molecular weight is 142 g/mol. The third-order valence-electron chi connectivity index (χ3n) is 1.04. The van der Waals surface area contributed by atoms with Crippen molar-refractivity contribution in [1.82, 2.24) is 0 Å². The number of rotatable bonds is 4. The van der Waals surface area contributed by atoms with Crippen LogP contribution in [0.25, 0.3) is 0 Å². The molecule has 4 heteroatoms. The van der Waals surface area contributed by atoms with E-state index in [2.05, 4.69) is 17.2 Å². The van der Waals surface area contributed by atoms with Gasteiger partial charge in [-0.1, -0.05) is 19.8 Å². The summed E-state index contributed by atoms with van der Waals surface area (Å²) < 4.78 is 0. The molecule has 58 valence electrons. The van der Waals surface area contributed by atoms with Gasteiger partial charge in [-0.15, -0.1) is 5.11 Å². The zero-order chi connectivity index (χ0) is 7.82. The van der Waals surface area contributed by atoms with Gasteiger partial charge in [0.1, 0.15) is 0 Å². The predicted octanol–water partition coefficient (Wildman–Crippen LogP) is 1.52. The molecule has 3 N–H and O–H groups in total. The van der Waals surface area contributed by atoms with Crippen LogP contribution in [0.1, 0.15) is 26.2 Å². The molecule has 0 spiro atoms. The Balaban J connectivity index is 3.10. The highest BCUT2D eigenvalue weighted by molar-refractivity contribution is 5.74. The number of unbranched alkanes of at least 4 members (excludes halogenated alkanes) is 2. The average Bonchev–Trinajstić information content (AvgIpc) is 1.87. The van der Waals surface area contributed by atoms with Crippen molar-refractivity contribution < 1.29 is 0 Å². The van der Waals surface area contributed by atoms with Crippen molar-refractivity contribution in [2.75, 3.05) is 6.54 Å². The van der Waals surface area contributed by atoms with Crippen LogP contribution in [0.5, 0.6) is 0 Å². The number of hydrogen-bond acceptors (Lipinski definition) is 2. The Labute approximate surface area is 61.0 Å². The van der Waals surface area contributed by atoms with Crippen molar-refractivity contribution in [1.29, 1.82) is 5.41 Å². The summed E-state index contributed by atoms with van der Waals surface area (Å²) in [6.45, 7) is 2.82. The molecule has 0 amide bonds. The lowest BCUT2D eigenvalue weighted by Gasteiger charge is -1.89. The van der Waals surface area contributed by atoms with Crippen LogP contribution >= 0.6 is 0 Å². The second-order valence-corrected chi connectivity index (χ2v) is 2.06. The first-order chi connectivity index (χ1) is 4.77. The molecule has 0 aromatic carbocycles. The second-order valence-electron chi connectivity index (χ2n) is 2.06. The molecular weight excluding hydrogens is 128 g/mol. The minimum absolute atomic E-state index is 0.212. The summed E-state index contributed by atoms with van der Waals surface area (Å²) >= 11 is 0. The maximum absolute atomic E-state index is 6.69. The van der Waals surface area contributed by atoms with Crippen molar-refractivity contribution in [3.05, 3.63) is 0 Å². The van der Waals surface area contributed by atoms with E-state index in [1.807, 2.05) is 0 Å². The highest BCUT2D eigenvalue weighted by Crippen LogP contribution is 1.93. The highest BCUT2D eigenvalue weighted by Gasteiger charge is 1.82. The lowest BCUT2D eigenvalue weighted by Crippen LogP contribution is -2.04. The molecule has 0 aliphatic rings. The fourth-order valence-corrected chi connectivity index (χ4v) is 0.559. The summed E-state index contributed by atoms with van der Waals surface area (Å²) in [7, 11) is 0. The van der Waals surface area contributed by atoms with Gasteiger partial charge in [0, 0.05) is 0 Å². The smallest absolute Gasteiger partial charge is 0.232 e. The van der Waals surface area contributed by atoms with E-state index in [1.165, 1.54) is 6.42 Å². The summed E-state index contributed by atoms with van der Waals surface area (Å²) in [5.41, 5.74) is 4.93. The molecule has 0 radical (unpaired) electrons. The number of nitrogens with two attached hydrogens (primary N) is 1. The summed E-state index contributed by atoms with van der Waals surface area (Å²) in [6.07, 6.45) is 3.37. The maximum Gasteiger partial charge on any atom is 0.232 e. The van der Waals surface area contributed by atoms with Crippen LogP contribution in [0, 0.1) is 5.41 Å². The third-order valence-corrected chi connectivity index (χ3v) is 1.04. The minimum atomic E-state index is -0.212. The molecule has 0 saturated carbocycles. The summed E-state index contributed by atoms with van der Waals surface area (Å²) in [6, 6.07) is 0. The maximum atomic E-state index is 6.69. The molecule has 0 unspecified atom stereocenters. The molecule has 4 nitrogen and oxygen atoms in total. The zero-order valence-corrected chi connectivity index (χ0v) is 6.30. The molecule has 10 heavy (non-hydrogen) atoms. The van der Waals surface area contributed by atoms with Gasteiger partial charge < -0.3 is 5.73 Å². The largest absolute Gasteiger partial charge is 0.367 e. The van der Waals surface area contributed by atoms with Gasteiger partial charge in [-0.2, -0.15) is 5.11 Å². The molecule has 0 heterocycles. The molecule has 0 aromatic heterocycles. The van der Waals surface area contributed by atoms with E-state index in [-0.39, 0.29) is 5.96 Å². The van der Waals surface area contributed by atoms with E-state index in [1.54, 1.807) is 0 Å². The molecule has 0 rings (SSSR count). The Morgan fingerprint density at radius 2 is 2.20 bits per heavy atom. The normalized spacial score (nSPS) is 10.5.